The Morgan fingerprint density at radius 2 is 2.00 bits per heavy atom. The molecule has 1 heterocycles. The fraction of sp³-hybridized carbons (Fsp3) is 0.200. The first-order valence-electron chi connectivity index (χ1n) is 6.14. The lowest BCUT2D eigenvalue weighted by atomic mass is 10.2. The van der Waals surface area contributed by atoms with E-state index in [4.69, 9.17) is 9.84 Å². The third-order valence-electron chi connectivity index (χ3n) is 2.78. The lowest BCUT2D eigenvalue weighted by molar-refractivity contribution is 0.0696. The Hall–Kier alpha value is -2.01. The number of hydrogen-bond acceptors (Lipinski definition) is 4. The molecule has 1 aromatic heterocycles. The van der Waals surface area contributed by atoms with E-state index in [1.807, 2.05) is 24.3 Å². The van der Waals surface area contributed by atoms with Crippen molar-refractivity contribution in [2.24, 2.45) is 0 Å². The average Bonchev–Trinajstić information content (AvgIpc) is 2.48. The van der Waals surface area contributed by atoms with Crippen LogP contribution in [-0.2, 0) is 6.42 Å². The number of benzene rings is 1. The molecule has 2 aromatic rings. The highest BCUT2D eigenvalue weighted by molar-refractivity contribution is 7.99. The van der Waals surface area contributed by atoms with Crippen LogP contribution in [0.25, 0.3) is 0 Å². The molecule has 0 aliphatic rings. The van der Waals surface area contributed by atoms with Gasteiger partial charge in [0.1, 0.15) is 5.75 Å². The van der Waals surface area contributed by atoms with E-state index in [0.29, 0.717) is 0 Å². The monoisotopic (exact) mass is 289 g/mol. The third-order valence-corrected chi connectivity index (χ3v) is 3.73. The average molecular weight is 289 g/mol. The fourth-order valence-corrected chi connectivity index (χ4v) is 2.50. The number of ether oxygens (including phenoxy) is 1. The number of pyridine rings is 1. The second-order valence-electron chi connectivity index (χ2n) is 4.14. The molecule has 0 fully saturated rings. The van der Waals surface area contributed by atoms with E-state index < -0.39 is 5.97 Å². The molecular weight excluding hydrogens is 274 g/mol. The quantitative estimate of drug-likeness (QED) is 0.828. The Kier molecular flexibility index (Phi) is 5.01. The number of nitrogens with zero attached hydrogens (tertiary/aromatic N) is 1. The highest BCUT2D eigenvalue weighted by Gasteiger charge is 2.03. The van der Waals surface area contributed by atoms with E-state index in [0.717, 1.165) is 22.9 Å². The van der Waals surface area contributed by atoms with Crippen LogP contribution in [-0.4, -0.2) is 28.9 Å². The smallest absolute Gasteiger partial charge is 0.337 e. The Balaban J connectivity index is 1.84. The van der Waals surface area contributed by atoms with Crippen molar-refractivity contribution in [2.45, 2.75) is 11.4 Å². The number of aryl methyl sites for hydroxylation is 1. The van der Waals surface area contributed by atoms with Gasteiger partial charge < -0.3 is 9.84 Å². The number of methoxy groups -OCH3 is 1. The number of thioether (sulfide) groups is 1. The maximum Gasteiger partial charge on any atom is 0.337 e. The van der Waals surface area contributed by atoms with Crippen LogP contribution < -0.4 is 4.74 Å². The number of carbonyl (C=O) groups is 1. The van der Waals surface area contributed by atoms with Crippen molar-refractivity contribution >= 4 is 17.7 Å². The van der Waals surface area contributed by atoms with Gasteiger partial charge in [-0.1, -0.05) is 12.1 Å². The first-order chi connectivity index (χ1) is 9.69. The topological polar surface area (TPSA) is 59.4 Å². The summed E-state index contributed by atoms with van der Waals surface area (Å²) in [6, 6.07) is 11.3. The van der Waals surface area contributed by atoms with E-state index in [9.17, 15) is 4.79 Å². The van der Waals surface area contributed by atoms with Gasteiger partial charge in [-0.25, -0.2) is 9.78 Å². The zero-order valence-corrected chi connectivity index (χ0v) is 11.9. The van der Waals surface area contributed by atoms with Gasteiger partial charge >= 0.3 is 5.97 Å². The Morgan fingerprint density at radius 3 is 2.55 bits per heavy atom. The molecule has 0 aliphatic carbocycles. The van der Waals surface area contributed by atoms with Gasteiger partial charge in [-0.15, -0.1) is 11.8 Å². The van der Waals surface area contributed by atoms with Crippen molar-refractivity contribution in [2.75, 3.05) is 12.9 Å². The van der Waals surface area contributed by atoms with Crippen LogP contribution in [0.15, 0.2) is 47.6 Å². The first-order valence-corrected chi connectivity index (χ1v) is 7.12. The molecule has 0 saturated heterocycles. The summed E-state index contributed by atoms with van der Waals surface area (Å²) in [5.41, 5.74) is 1.45. The molecule has 20 heavy (non-hydrogen) atoms. The summed E-state index contributed by atoms with van der Waals surface area (Å²) in [4.78, 5) is 14.8. The normalized spacial score (nSPS) is 10.2. The molecule has 2 rings (SSSR count). The van der Waals surface area contributed by atoms with Crippen LogP contribution in [0.3, 0.4) is 0 Å². The van der Waals surface area contributed by atoms with Crippen molar-refractivity contribution in [3.63, 3.8) is 0 Å². The summed E-state index contributed by atoms with van der Waals surface area (Å²) in [6.45, 7) is 0. The summed E-state index contributed by atoms with van der Waals surface area (Å²) in [5.74, 6) is 0.797. The van der Waals surface area contributed by atoms with Gasteiger partial charge in [-0.2, -0.15) is 0 Å². The summed E-state index contributed by atoms with van der Waals surface area (Å²) < 4.78 is 5.11. The highest BCUT2D eigenvalue weighted by atomic mass is 32.2. The molecule has 0 unspecified atom stereocenters. The molecule has 1 N–H and O–H groups in total. The van der Waals surface area contributed by atoms with Crippen LogP contribution in [0.2, 0.25) is 0 Å². The molecule has 0 radical (unpaired) electrons. The minimum Gasteiger partial charge on any atom is -0.497 e. The Labute approximate surface area is 121 Å². The number of aromatic nitrogens is 1. The third kappa shape index (κ3) is 3.99. The summed E-state index contributed by atoms with van der Waals surface area (Å²) >= 11 is 1.61. The van der Waals surface area contributed by atoms with Crippen molar-refractivity contribution in [3.05, 3.63) is 53.7 Å². The second kappa shape index (κ2) is 6.96. The van der Waals surface area contributed by atoms with Crippen LogP contribution in [0.4, 0.5) is 0 Å². The molecule has 0 amide bonds. The molecule has 0 spiro atoms. The molecule has 0 aliphatic heterocycles. The number of aromatic carboxylic acids is 1. The molecule has 4 nitrogen and oxygen atoms in total. The van der Waals surface area contributed by atoms with E-state index in [-0.39, 0.29) is 5.56 Å². The predicted octanol–water partition coefficient (Wildman–Crippen LogP) is 3.12. The van der Waals surface area contributed by atoms with Crippen LogP contribution in [0.5, 0.6) is 5.75 Å². The maximum atomic E-state index is 10.7. The van der Waals surface area contributed by atoms with Crippen molar-refractivity contribution in [1.29, 1.82) is 0 Å². The Bertz CT molecular complexity index is 567. The second-order valence-corrected chi connectivity index (χ2v) is 5.25. The first kappa shape index (κ1) is 14.4. The number of rotatable bonds is 6. The van der Waals surface area contributed by atoms with E-state index >= 15 is 0 Å². The van der Waals surface area contributed by atoms with Crippen molar-refractivity contribution in [3.8, 4) is 5.75 Å². The predicted molar refractivity (Wildman–Crippen MR) is 78.6 cm³/mol. The molecule has 104 valence electrons. The lowest BCUT2D eigenvalue weighted by Crippen LogP contribution is -1.97. The highest BCUT2D eigenvalue weighted by Crippen LogP contribution is 2.18. The zero-order chi connectivity index (χ0) is 14.4. The molecule has 0 atom stereocenters. The molecular formula is C15H15NO3S. The van der Waals surface area contributed by atoms with Gasteiger partial charge in [0.05, 0.1) is 17.7 Å². The molecule has 5 heteroatoms. The standard InChI is InChI=1S/C15H15NO3S/c1-19-13-5-2-11(3-6-13)8-9-20-14-7-4-12(10-16-14)15(17)18/h2-7,10H,8-9H2,1H3,(H,17,18). The number of hydrogen-bond donors (Lipinski definition) is 1. The molecule has 1 aromatic carbocycles. The maximum absolute atomic E-state index is 10.7. The Morgan fingerprint density at radius 1 is 1.25 bits per heavy atom. The van der Waals surface area contributed by atoms with E-state index in [1.165, 1.54) is 11.8 Å². The summed E-state index contributed by atoms with van der Waals surface area (Å²) in [5, 5.41) is 9.62. The lowest BCUT2D eigenvalue weighted by Gasteiger charge is -2.04. The number of carboxylic acid groups (broad SMARTS) is 1. The van der Waals surface area contributed by atoms with E-state index in [1.54, 1.807) is 31.0 Å². The largest absolute Gasteiger partial charge is 0.497 e. The van der Waals surface area contributed by atoms with Gasteiger partial charge in [0.2, 0.25) is 0 Å². The molecule has 0 saturated carbocycles. The minimum atomic E-state index is -0.952. The number of carboxylic acids is 1. The summed E-state index contributed by atoms with van der Waals surface area (Å²) in [6.07, 6.45) is 2.31. The van der Waals surface area contributed by atoms with Crippen LogP contribution >= 0.6 is 11.8 Å². The van der Waals surface area contributed by atoms with Crippen LogP contribution in [0, 0.1) is 0 Å². The fourth-order valence-electron chi connectivity index (χ4n) is 1.66. The van der Waals surface area contributed by atoms with Gasteiger partial charge in [0.25, 0.3) is 0 Å². The zero-order valence-electron chi connectivity index (χ0n) is 11.1. The van der Waals surface area contributed by atoms with Crippen molar-refractivity contribution in [1.82, 2.24) is 4.98 Å². The van der Waals surface area contributed by atoms with E-state index in [2.05, 4.69) is 4.98 Å². The van der Waals surface area contributed by atoms with Crippen molar-refractivity contribution < 1.29 is 14.6 Å². The van der Waals surface area contributed by atoms with Gasteiger partial charge in [-0.3, -0.25) is 0 Å². The molecule has 0 bridgehead atoms. The van der Waals surface area contributed by atoms with Gasteiger partial charge in [-0.05, 0) is 36.2 Å². The minimum absolute atomic E-state index is 0.213. The summed E-state index contributed by atoms with van der Waals surface area (Å²) in [7, 11) is 1.65. The SMILES string of the molecule is COc1ccc(CCSc2ccc(C(=O)O)cn2)cc1. The van der Waals surface area contributed by atoms with Gasteiger partial charge in [0, 0.05) is 11.9 Å². The van der Waals surface area contributed by atoms with Crippen LogP contribution in [0.1, 0.15) is 15.9 Å². The van der Waals surface area contributed by atoms with Gasteiger partial charge in [0.15, 0.2) is 0 Å².